The highest BCUT2D eigenvalue weighted by molar-refractivity contribution is 5.98. The molecule has 0 unspecified atom stereocenters. The molecule has 3 rings (SSSR count). The molecule has 0 spiro atoms. The van der Waals surface area contributed by atoms with Crippen LogP contribution >= 0.6 is 0 Å². The fourth-order valence-corrected chi connectivity index (χ4v) is 2.55. The van der Waals surface area contributed by atoms with Crippen LogP contribution < -0.4 is 10.5 Å². The Morgan fingerprint density at radius 2 is 1.96 bits per heavy atom. The topological polar surface area (TPSA) is 65.2 Å². The first-order valence-corrected chi connectivity index (χ1v) is 7.75. The number of nitrogens with zero attached hydrogens (tertiary/aromatic N) is 1. The monoisotopic (exact) mass is 336 g/mol. The molecule has 0 aliphatic heterocycles. The van der Waals surface area contributed by atoms with E-state index in [0.29, 0.717) is 28.3 Å². The third-order valence-corrected chi connectivity index (χ3v) is 3.89. The number of nitrogen functional groups attached to an aromatic ring is 1. The van der Waals surface area contributed by atoms with Crippen LogP contribution in [0.5, 0.6) is 5.75 Å². The number of benzene rings is 2. The Labute approximate surface area is 145 Å². The van der Waals surface area contributed by atoms with Crippen molar-refractivity contribution in [2.75, 3.05) is 12.8 Å². The summed E-state index contributed by atoms with van der Waals surface area (Å²) < 4.78 is 18.9. The number of rotatable bonds is 5. The lowest BCUT2D eigenvalue weighted by molar-refractivity contribution is 0.0993. The van der Waals surface area contributed by atoms with Gasteiger partial charge in [-0.2, -0.15) is 0 Å². The number of nitrogens with two attached hydrogens (primary N) is 1. The van der Waals surface area contributed by atoms with Gasteiger partial charge in [-0.3, -0.25) is 9.78 Å². The highest BCUT2D eigenvalue weighted by atomic mass is 19.1. The SMILES string of the molecule is COc1ccc(C(=O)Cc2ccc(-c3ccccc3F)nc2)cc1N. The van der Waals surface area contributed by atoms with E-state index in [4.69, 9.17) is 10.5 Å². The molecule has 0 saturated carbocycles. The van der Waals surface area contributed by atoms with E-state index in [2.05, 4.69) is 4.98 Å². The minimum absolute atomic E-state index is 0.0743. The summed E-state index contributed by atoms with van der Waals surface area (Å²) in [5.41, 5.74) is 8.48. The Hall–Kier alpha value is -3.21. The summed E-state index contributed by atoms with van der Waals surface area (Å²) >= 11 is 0. The van der Waals surface area contributed by atoms with Crippen LogP contribution in [0.25, 0.3) is 11.3 Å². The summed E-state index contributed by atoms with van der Waals surface area (Å²) in [5, 5.41) is 0. The van der Waals surface area contributed by atoms with E-state index in [1.165, 1.54) is 13.2 Å². The van der Waals surface area contributed by atoms with Gasteiger partial charge in [0.1, 0.15) is 11.6 Å². The number of hydrogen-bond donors (Lipinski definition) is 1. The van der Waals surface area contributed by atoms with Gasteiger partial charge in [-0.05, 0) is 42.0 Å². The molecule has 1 heterocycles. The van der Waals surface area contributed by atoms with Gasteiger partial charge in [0, 0.05) is 23.7 Å². The van der Waals surface area contributed by atoms with E-state index in [1.807, 2.05) is 0 Å². The molecule has 0 saturated heterocycles. The Morgan fingerprint density at radius 3 is 2.60 bits per heavy atom. The summed E-state index contributed by atoms with van der Waals surface area (Å²) in [5.74, 6) is 0.134. The summed E-state index contributed by atoms with van der Waals surface area (Å²) in [6, 6.07) is 14.9. The van der Waals surface area contributed by atoms with Crippen molar-refractivity contribution in [3.63, 3.8) is 0 Å². The maximum Gasteiger partial charge on any atom is 0.167 e. The van der Waals surface area contributed by atoms with Crippen molar-refractivity contribution in [1.29, 1.82) is 0 Å². The lowest BCUT2D eigenvalue weighted by Gasteiger charge is -2.07. The second kappa shape index (κ2) is 7.13. The molecule has 1 aromatic heterocycles. The van der Waals surface area contributed by atoms with Crippen molar-refractivity contribution in [3.05, 3.63) is 77.7 Å². The number of Topliss-reactive ketones (excluding diaryl/α,β-unsaturated/α-hetero) is 1. The molecule has 0 bridgehead atoms. The second-order valence-electron chi connectivity index (χ2n) is 5.59. The molecule has 4 nitrogen and oxygen atoms in total. The fourth-order valence-electron chi connectivity index (χ4n) is 2.55. The van der Waals surface area contributed by atoms with Crippen LogP contribution in [0.2, 0.25) is 0 Å². The van der Waals surface area contributed by atoms with Crippen molar-refractivity contribution < 1.29 is 13.9 Å². The van der Waals surface area contributed by atoms with E-state index >= 15 is 0 Å². The van der Waals surface area contributed by atoms with Gasteiger partial charge in [-0.15, -0.1) is 0 Å². The van der Waals surface area contributed by atoms with Crippen molar-refractivity contribution >= 4 is 11.5 Å². The highest BCUT2D eigenvalue weighted by Crippen LogP contribution is 2.23. The van der Waals surface area contributed by atoms with Gasteiger partial charge in [0.25, 0.3) is 0 Å². The van der Waals surface area contributed by atoms with Crippen LogP contribution in [0.15, 0.2) is 60.8 Å². The van der Waals surface area contributed by atoms with Crippen LogP contribution in [0.1, 0.15) is 15.9 Å². The van der Waals surface area contributed by atoms with Crippen molar-refractivity contribution in [2.45, 2.75) is 6.42 Å². The Kier molecular flexibility index (Phi) is 4.75. The molecule has 5 heteroatoms. The number of ketones is 1. The average molecular weight is 336 g/mol. The van der Waals surface area contributed by atoms with Crippen LogP contribution in [0.3, 0.4) is 0 Å². The first-order chi connectivity index (χ1) is 12.1. The second-order valence-corrected chi connectivity index (χ2v) is 5.59. The Balaban J connectivity index is 1.76. The number of hydrogen-bond acceptors (Lipinski definition) is 4. The summed E-state index contributed by atoms with van der Waals surface area (Å²) in [6.45, 7) is 0. The predicted octanol–water partition coefficient (Wildman–Crippen LogP) is 3.90. The summed E-state index contributed by atoms with van der Waals surface area (Å²) in [6.07, 6.45) is 1.78. The molecular formula is C20H17FN2O2. The van der Waals surface area contributed by atoms with Crippen molar-refractivity contribution in [1.82, 2.24) is 4.98 Å². The molecule has 2 N–H and O–H groups in total. The van der Waals surface area contributed by atoms with Crippen molar-refractivity contribution in [3.8, 4) is 17.0 Å². The molecule has 0 amide bonds. The molecule has 0 fully saturated rings. The highest BCUT2D eigenvalue weighted by Gasteiger charge is 2.11. The van der Waals surface area contributed by atoms with Crippen LogP contribution in [0, 0.1) is 5.82 Å². The zero-order valence-electron chi connectivity index (χ0n) is 13.7. The van der Waals surface area contributed by atoms with Crippen LogP contribution in [0.4, 0.5) is 10.1 Å². The van der Waals surface area contributed by atoms with Gasteiger partial charge in [0.15, 0.2) is 5.78 Å². The number of aromatic nitrogens is 1. The fraction of sp³-hybridized carbons (Fsp3) is 0.100. The zero-order valence-corrected chi connectivity index (χ0v) is 13.7. The van der Waals surface area contributed by atoms with E-state index < -0.39 is 0 Å². The normalized spacial score (nSPS) is 10.5. The third kappa shape index (κ3) is 3.66. The Morgan fingerprint density at radius 1 is 1.16 bits per heavy atom. The van der Waals surface area contributed by atoms with Gasteiger partial charge < -0.3 is 10.5 Å². The third-order valence-electron chi connectivity index (χ3n) is 3.89. The molecule has 0 atom stereocenters. The number of anilines is 1. The van der Waals surface area contributed by atoms with Crippen molar-refractivity contribution in [2.24, 2.45) is 0 Å². The Bertz CT molecular complexity index is 908. The first kappa shape index (κ1) is 16.6. The summed E-state index contributed by atoms with van der Waals surface area (Å²) in [4.78, 5) is 16.7. The largest absolute Gasteiger partial charge is 0.495 e. The van der Waals surface area contributed by atoms with Gasteiger partial charge >= 0.3 is 0 Å². The molecule has 0 aliphatic carbocycles. The standard InChI is InChI=1S/C20H17FN2O2/c1-25-20-9-7-14(11-17(20)22)19(24)10-13-6-8-18(23-12-13)15-4-2-3-5-16(15)21/h2-9,11-12H,10,22H2,1H3. The van der Waals surface area contributed by atoms with Gasteiger partial charge in [-0.1, -0.05) is 18.2 Å². The van der Waals surface area contributed by atoms with E-state index in [0.717, 1.165) is 5.56 Å². The molecule has 3 aromatic rings. The van der Waals surface area contributed by atoms with Gasteiger partial charge in [-0.25, -0.2) is 4.39 Å². The lowest BCUT2D eigenvalue weighted by atomic mass is 10.0. The summed E-state index contributed by atoms with van der Waals surface area (Å²) in [7, 11) is 1.52. The number of halogens is 1. The number of carbonyl (C=O) groups excluding carboxylic acids is 1. The minimum Gasteiger partial charge on any atom is -0.495 e. The minimum atomic E-state index is -0.326. The molecular weight excluding hydrogens is 319 g/mol. The number of methoxy groups -OCH3 is 1. The lowest BCUT2D eigenvalue weighted by Crippen LogP contribution is -2.05. The first-order valence-electron chi connectivity index (χ1n) is 7.75. The van der Waals surface area contributed by atoms with E-state index in [9.17, 15) is 9.18 Å². The van der Waals surface area contributed by atoms with Crippen LogP contribution in [-0.2, 0) is 6.42 Å². The number of carbonyl (C=O) groups is 1. The number of pyridine rings is 1. The number of ether oxygens (including phenoxy) is 1. The smallest absolute Gasteiger partial charge is 0.167 e. The molecule has 0 aliphatic rings. The molecule has 126 valence electrons. The van der Waals surface area contributed by atoms with E-state index in [1.54, 1.807) is 54.7 Å². The maximum atomic E-state index is 13.8. The van der Waals surface area contributed by atoms with Crippen LogP contribution in [-0.4, -0.2) is 17.9 Å². The van der Waals surface area contributed by atoms with Gasteiger partial charge in [0.2, 0.25) is 0 Å². The predicted molar refractivity (Wildman–Crippen MR) is 95.1 cm³/mol. The van der Waals surface area contributed by atoms with Gasteiger partial charge in [0.05, 0.1) is 18.5 Å². The molecule has 2 aromatic carbocycles. The quantitative estimate of drug-likeness (QED) is 0.567. The zero-order chi connectivity index (χ0) is 17.8. The maximum absolute atomic E-state index is 13.8. The molecule has 0 radical (unpaired) electrons. The van der Waals surface area contributed by atoms with E-state index in [-0.39, 0.29) is 18.0 Å². The average Bonchev–Trinajstić information content (AvgIpc) is 2.63. The molecule has 25 heavy (non-hydrogen) atoms.